The Labute approximate surface area is 168 Å². The molecule has 0 spiro atoms. The van der Waals surface area contributed by atoms with Crippen molar-refractivity contribution in [3.8, 4) is 11.6 Å². The molecule has 5 nitrogen and oxygen atoms in total. The van der Waals surface area contributed by atoms with Gasteiger partial charge in [-0.1, -0.05) is 35.3 Å². The van der Waals surface area contributed by atoms with Gasteiger partial charge >= 0.3 is 0 Å². The summed E-state index contributed by atoms with van der Waals surface area (Å²) < 4.78 is 10.8. The van der Waals surface area contributed by atoms with Crippen LogP contribution in [-0.4, -0.2) is 30.6 Å². The highest BCUT2D eigenvalue weighted by Gasteiger charge is 2.21. The van der Waals surface area contributed by atoms with Crippen molar-refractivity contribution >= 4 is 34.7 Å². The Morgan fingerprint density at radius 3 is 2.74 bits per heavy atom. The van der Waals surface area contributed by atoms with Gasteiger partial charge in [-0.2, -0.15) is 0 Å². The summed E-state index contributed by atoms with van der Waals surface area (Å²) in [6, 6.07) is 9.06. The molecule has 3 rings (SSSR count). The molecule has 0 saturated carbocycles. The van der Waals surface area contributed by atoms with Crippen LogP contribution in [0.15, 0.2) is 36.4 Å². The van der Waals surface area contributed by atoms with Crippen molar-refractivity contribution in [1.82, 2.24) is 10.3 Å². The van der Waals surface area contributed by atoms with Gasteiger partial charge in [0, 0.05) is 18.0 Å². The fourth-order valence-corrected chi connectivity index (χ4v) is 3.37. The monoisotopic (exact) mass is 406 g/mol. The molecule has 1 amide bonds. The molecule has 2 heterocycles. The molecule has 0 bridgehead atoms. The molecule has 0 aliphatic carbocycles. The number of nitrogens with zero attached hydrogens (tertiary/aromatic N) is 1. The fourth-order valence-electron chi connectivity index (χ4n) is 2.95. The van der Waals surface area contributed by atoms with Crippen LogP contribution < -0.4 is 14.8 Å². The summed E-state index contributed by atoms with van der Waals surface area (Å²) in [5.74, 6) is 1.01. The molecule has 7 heteroatoms. The topological polar surface area (TPSA) is 60.5 Å². The maximum Gasteiger partial charge on any atom is 0.232 e. The highest BCUT2D eigenvalue weighted by molar-refractivity contribution is 6.32. The first-order valence-electron chi connectivity index (χ1n) is 8.66. The third-order valence-corrected chi connectivity index (χ3v) is 4.81. The summed E-state index contributed by atoms with van der Waals surface area (Å²) in [4.78, 5) is 16.1. The number of carbonyl (C=O) groups is 1. The average molecular weight is 407 g/mol. The Kier molecular flexibility index (Phi) is 6.24. The van der Waals surface area contributed by atoms with Gasteiger partial charge in [-0.05, 0) is 43.2 Å². The zero-order valence-corrected chi connectivity index (χ0v) is 16.6. The van der Waals surface area contributed by atoms with Gasteiger partial charge in [0.15, 0.2) is 0 Å². The molecule has 1 aliphatic heterocycles. The largest absolute Gasteiger partial charge is 0.492 e. The van der Waals surface area contributed by atoms with Crippen LogP contribution in [0.25, 0.3) is 5.57 Å². The standard InChI is InChI=1S/C20H20Cl2N2O3/c1-3-27-18-8-4-12(10-16(18)22)14(11-13-5-9-19(25)23-13)17-7-6-15(21)20(24-17)26-2/h4,6-8,10-11,13H,3,5,9H2,1-2H3,(H,23,25)/b14-11-/t13-/m1/s1. The zero-order valence-electron chi connectivity index (χ0n) is 15.1. The van der Waals surface area contributed by atoms with Gasteiger partial charge in [0.05, 0.1) is 24.4 Å². The van der Waals surface area contributed by atoms with E-state index in [1.165, 1.54) is 7.11 Å². The minimum atomic E-state index is -0.0682. The van der Waals surface area contributed by atoms with E-state index in [0.29, 0.717) is 40.4 Å². The molecule has 1 aromatic heterocycles. The van der Waals surface area contributed by atoms with Crippen LogP contribution in [0, 0.1) is 0 Å². The van der Waals surface area contributed by atoms with Crippen molar-refractivity contribution < 1.29 is 14.3 Å². The Morgan fingerprint density at radius 1 is 1.30 bits per heavy atom. The van der Waals surface area contributed by atoms with E-state index < -0.39 is 0 Å². The van der Waals surface area contributed by atoms with Gasteiger partial charge in [0.25, 0.3) is 0 Å². The van der Waals surface area contributed by atoms with Crippen molar-refractivity contribution in [3.05, 3.63) is 57.7 Å². The summed E-state index contributed by atoms with van der Waals surface area (Å²) in [5.41, 5.74) is 2.38. The normalized spacial score (nSPS) is 17.0. The van der Waals surface area contributed by atoms with E-state index in [9.17, 15) is 4.79 Å². The maximum absolute atomic E-state index is 11.6. The van der Waals surface area contributed by atoms with Crippen LogP contribution in [0.5, 0.6) is 11.6 Å². The van der Waals surface area contributed by atoms with E-state index in [1.807, 2.05) is 37.3 Å². The second kappa shape index (κ2) is 8.63. The summed E-state index contributed by atoms with van der Waals surface area (Å²) >= 11 is 12.5. The number of nitrogens with one attached hydrogen (secondary N) is 1. The second-order valence-corrected chi connectivity index (χ2v) is 6.87. The summed E-state index contributed by atoms with van der Waals surface area (Å²) in [6.45, 7) is 2.44. The van der Waals surface area contributed by atoms with Crippen molar-refractivity contribution in [2.24, 2.45) is 0 Å². The molecular formula is C20H20Cl2N2O3. The average Bonchev–Trinajstić information content (AvgIpc) is 3.07. The number of carbonyl (C=O) groups excluding carboxylic acids is 1. The van der Waals surface area contributed by atoms with Crippen LogP contribution >= 0.6 is 23.2 Å². The van der Waals surface area contributed by atoms with Crippen molar-refractivity contribution in [1.29, 1.82) is 0 Å². The quantitative estimate of drug-likeness (QED) is 0.766. The van der Waals surface area contributed by atoms with Gasteiger partial charge in [0.1, 0.15) is 10.8 Å². The van der Waals surface area contributed by atoms with Crippen LogP contribution in [0.1, 0.15) is 31.0 Å². The van der Waals surface area contributed by atoms with Crippen molar-refractivity contribution in [2.75, 3.05) is 13.7 Å². The molecule has 1 N–H and O–H groups in total. The number of hydrogen-bond acceptors (Lipinski definition) is 4. The van der Waals surface area contributed by atoms with Crippen LogP contribution in [0.3, 0.4) is 0 Å². The number of pyridine rings is 1. The molecule has 1 aliphatic rings. The molecule has 0 unspecified atom stereocenters. The molecule has 2 aromatic rings. The van der Waals surface area contributed by atoms with E-state index in [-0.39, 0.29) is 11.9 Å². The number of ether oxygens (including phenoxy) is 2. The minimum Gasteiger partial charge on any atom is -0.492 e. The third-order valence-electron chi connectivity index (χ3n) is 4.22. The lowest BCUT2D eigenvalue weighted by Gasteiger charge is -2.14. The molecular weight excluding hydrogens is 387 g/mol. The number of aromatic nitrogens is 1. The van der Waals surface area contributed by atoms with E-state index in [1.54, 1.807) is 6.07 Å². The lowest BCUT2D eigenvalue weighted by atomic mass is 9.99. The highest BCUT2D eigenvalue weighted by atomic mass is 35.5. The summed E-state index contributed by atoms with van der Waals surface area (Å²) in [5, 5.41) is 3.89. The van der Waals surface area contributed by atoms with Crippen LogP contribution in [-0.2, 0) is 4.79 Å². The van der Waals surface area contributed by atoms with E-state index in [4.69, 9.17) is 32.7 Å². The molecule has 1 fully saturated rings. The maximum atomic E-state index is 11.6. The SMILES string of the molecule is CCOc1ccc(/C(=C/[C@H]2CCC(=O)N2)c2ccc(Cl)c(OC)n2)cc1Cl. The summed E-state index contributed by atoms with van der Waals surface area (Å²) in [7, 11) is 1.52. The van der Waals surface area contributed by atoms with E-state index >= 15 is 0 Å². The van der Waals surface area contributed by atoms with Gasteiger partial charge in [-0.3, -0.25) is 4.79 Å². The zero-order chi connectivity index (χ0) is 19.4. The lowest BCUT2D eigenvalue weighted by molar-refractivity contribution is -0.119. The van der Waals surface area contributed by atoms with E-state index in [2.05, 4.69) is 10.3 Å². The third kappa shape index (κ3) is 4.54. The van der Waals surface area contributed by atoms with Crippen molar-refractivity contribution in [2.45, 2.75) is 25.8 Å². The Bertz CT molecular complexity index is 884. The molecule has 1 saturated heterocycles. The van der Waals surface area contributed by atoms with Gasteiger partial charge in [-0.15, -0.1) is 0 Å². The number of hydrogen-bond donors (Lipinski definition) is 1. The number of amides is 1. The number of halogens is 2. The first-order chi connectivity index (χ1) is 13.0. The predicted molar refractivity (Wildman–Crippen MR) is 107 cm³/mol. The fraction of sp³-hybridized carbons (Fsp3) is 0.300. The second-order valence-electron chi connectivity index (χ2n) is 6.06. The molecule has 27 heavy (non-hydrogen) atoms. The van der Waals surface area contributed by atoms with Gasteiger partial charge in [0.2, 0.25) is 11.8 Å². The lowest BCUT2D eigenvalue weighted by Crippen LogP contribution is -2.23. The Balaban J connectivity index is 2.06. The van der Waals surface area contributed by atoms with Gasteiger partial charge < -0.3 is 14.8 Å². The van der Waals surface area contributed by atoms with Crippen LogP contribution in [0.4, 0.5) is 0 Å². The molecule has 0 radical (unpaired) electrons. The highest BCUT2D eigenvalue weighted by Crippen LogP contribution is 2.33. The summed E-state index contributed by atoms with van der Waals surface area (Å²) in [6.07, 6.45) is 3.24. The number of rotatable bonds is 6. The van der Waals surface area contributed by atoms with Crippen LogP contribution in [0.2, 0.25) is 10.0 Å². The van der Waals surface area contributed by atoms with E-state index in [0.717, 1.165) is 17.6 Å². The Hall–Kier alpha value is -2.24. The smallest absolute Gasteiger partial charge is 0.232 e. The van der Waals surface area contributed by atoms with Crippen molar-refractivity contribution in [3.63, 3.8) is 0 Å². The molecule has 1 atom stereocenters. The Morgan fingerprint density at radius 2 is 2.11 bits per heavy atom. The first-order valence-corrected chi connectivity index (χ1v) is 9.42. The number of methoxy groups -OCH3 is 1. The van der Waals surface area contributed by atoms with Gasteiger partial charge in [-0.25, -0.2) is 4.98 Å². The molecule has 1 aromatic carbocycles. The first kappa shape index (κ1) is 19.5. The minimum absolute atomic E-state index is 0.0435. The number of benzene rings is 1. The predicted octanol–water partition coefficient (Wildman–Crippen LogP) is 4.51. The molecule has 142 valence electrons.